The predicted molar refractivity (Wildman–Crippen MR) is 80.1 cm³/mol. The Morgan fingerprint density at radius 2 is 2.36 bits per heavy atom. The first-order valence-electron chi connectivity index (χ1n) is 7.52. The molecule has 7 nitrogen and oxygen atoms in total. The van der Waals surface area contributed by atoms with Crippen molar-refractivity contribution in [3.05, 3.63) is 24.0 Å². The molecule has 118 valence electrons. The smallest absolute Gasteiger partial charge is 0.274 e. The Kier molecular flexibility index (Phi) is 4.24. The van der Waals surface area contributed by atoms with Gasteiger partial charge in [0.15, 0.2) is 11.3 Å². The van der Waals surface area contributed by atoms with Gasteiger partial charge in [-0.25, -0.2) is 9.50 Å². The lowest BCUT2D eigenvalue weighted by atomic mass is 10.2. The third kappa shape index (κ3) is 2.76. The van der Waals surface area contributed by atoms with Crippen LogP contribution in [0.2, 0.25) is 0 Å². The number of fused-ring (bicyclic) bond motifs is 1. The number of rotatable bonds is 3. The van der Waals surface area contributed by atoms with E-state index in [1.807, 2.05) is 4.90 Å². The molecular formula is C15H20N4O3. The molecule has 0 unspecified atom stereocenters. The van der Waals surface area contributed by atoms with E-state index in [9.17, 15) is 4.79 Å². The number of ether oxygens (including phenoxy) is 2. The highest BCUT2D eigenvalue weighted by molar-refractivity contribution is 5.93. The molecule has 22 heavy (non-hydrogen) atoms. The molecule has 1 atom stereocenters. The third-order valence-corrected chi connectivity index (χ3v) is 3.86. The lowest BCUT2D eigenvalue weighted by molar-refractivity contribution is 0.0457. The van der Waals surface area contributed by atoms with Gasteiger partial charge in [-0.2, -0.15) is 0 Å². The first kappa shape index (κ1) is 14.8. The van der Waals surface area contributed by atoms with Crippen molar-refractivity contribution >= 4 is 11.6 Å². The fourth-order valence-corrected chi connectivity index (χ4v) is 2.60. The normalized spacial score (nSPS) is 19.2. The van der Waals surface area contributed by atoms with Gasteiger partial charge in [0, 0.05) is 25.8 Å². The van der Waals surface area contributed by atoms with E-state index in [0.717, 1.165) is 12.8 Å². The zero-order chi connectivity index (χ0) is 15.5. The van der Waals surface area contributed by atoms with Gasteiger partial charge in [0.25, 0.3) is 5.91 Å². The summed E-state index contributed by atoms with van der Waals surface area (Å²) < 4.78 is 12.4. The Morgan fingerprint density at radius 1 is 1.50 bits per heavy atom. The van der Waals surface area contributed by atoms with E-state index in [1.165, 1.54) is 4.52 Å². The van der Waals surface area contributed by atoms with E-state index >= 15 is 0 Å². The molecule has 0 bridgehead atoms. The molecule has 0 radical (unpaired) electrons. The van der Waals surface area contributed by atoms with Gasteiger partial charge in [0.05, 0.1) is 19.4 Å². The van der Waals surface area contributed by atoms with Gasteiger partial charge >= 0.3 is 0 Å². The van der Waals surface area contributed by atoms with Crippen molar-refractivity contribution in [1.29, 1.82) is 0 Å². The molecule has 1 aliphatic rings. The minimum atomic E-state index is -0.0720. The molecule has 0 aromatic carbocycles. The van der Waals surface area contributed by atoms with Crippen LogP contribution in [0.15, 0.2) is 18.3 Å². The molecule has 0 saturated carbocycles. The van der Waals surface area contributed by atoms with Gasteiger partial charge in [-0.15, -0.1) is 5.10 Å². The lowest BCUT2D eigenvalue weighted by Gasteiger charge is -2.22. The minimum Gasteiger partial charge on any atom is -0.480 e. The summed E-state index contributed by atoms with van der Waals surface area (Å²) in [5.41, 5.74) is 1.08. The second-order valence-electron chi connectivity index (χ2n) is 5.29. The number of aromatic nitrogens is 3. The van der Waals surface area contributed by atoms with E-state index in [-0.39, 0.29) is 12.0 Å². The first-order valence-corrected chi connectivity index (χ1v) is 7.52. The Labute approximate surface area is 128 Å². The van der Waals surface area contributed by atoms with Gasteiger partial charge in [0.1, 0.15) is 0 Å². The van der Waals surface area contributed by atoms with Crippen LogP contribution in [0.1, 0.15) is 30.3 Å². The maximum atomic E-state index is 12.8. The summed E-state index contributed by atoms with van der Waals surface area (Å²) in [6, 6.07) is 3.51. The summed E-state index contributed by atoms with van der Waals surface area (Å²) in [6.45, 7) is 4.06. The standard InChI is InChI=1S/C15H20N4O3/c1-3-11-10-18(7-4-8-22-11)15(20)12-9-16-13-5-6-14(21-2)17-19(12)13/h5-6,9,11H,3-4,7-8,10H2,1-2H3/t11-/m1/s1. The third-order valence-electron chi connectivity index (χ3n) is 3.86. The van der Waals surface area contributed by atoms with Crippen molar-refractivity contribution in [1.82, 2.24) is 19.5 Å². The lowest BCUT2D eigenvalue weighted by Crippen LogP contribution is -2.37. The fraction of sp³-hybridized carbons (Fsp3) is 0.533. The number of carbonyl (C=O) groups excluding carboxylic acids is 1. The molecular weight excluding hydrogens is 284 g/mol. The van der Waals surface area contributed by atoms with Crippen molar-refractivity contribution in [2.45, 2.75) is 25.9 Å². The fourth-order valence-electron chi connectivity index (χ4n) is 2.60. The average molecular weight is 304 g/mol. The highest BCUT2D eigenvalue weighted by Crippen LogP contribution is 2.15. The summed E-state index contributed by atoms with van der Waals surface area (Å²) in [5, 5.41) is 4.29. The number of hydrogen-bond donors (Lipinski definition) is 0. The van der Waals surface area contributed by atoms with E-state index in [4.69, 9.17) is 9.47 Å². The highest BCUT2D eigenvalue weighted by Gasteiger charge is 2.25. The van der Waals surface area contributed by atoms with Crippen LogP contribution in [0.25, 0.3) is 5.65 Å². The molecule has 1 amide bonds. The SMILES string of the molecule is CC[C@@H]1CN(C(=O)c2cnc3ccc(OC)nn23)CCCO1. The van der Waals surface area contributed by atoms with Crippen LogP contribution in [0, 0.1) is 0 Å². The summed E-state index contributed by atoms with van der Waals surface area (Å²) in [7, 11) is 1.55. The van der Waals surface area contributed by atoms with Crippen LogP contribution in [0.5, 0.6) is 5.88 Å². The van der Waals surface area contributed by atoms with Gasteiger partial charge < -0.3 is 14.4 Å². The molecule has 1 fully saturated rings. The van der Waals surface area contributed by atoms with Crippen LogP contribution in [-0.2, 0) is 4.74 Å². The summed E-state index contributed by atoms with van der Waals surface area (Å²) in [5.74, 6) is 0.377. The maximum absolute atomic E-state index is 12.8. The molecule has 0 spiro atoms. The van der Waals surface area contributed by atoms with E-state index in [2.05, 4.69) is 17.0 Å². The monoisotopic (exact) mass is 304 g/mol. The van der Waals surface area contributed by atoms with Crippen molar-refractivity contribution in [2.75, 3.05) is 26.8 Å². The summed E-state index contributed by atoms with van der Waals surface area (Å²) in [4.78, 5) is 18.9. The second kappa shape index (κ2) is 6.31. The van der Waals surface area contributed by atoms with Gasteiger partial charge in [-0.3, -0.25) is 4.79 Å². The number of hydrogen-bond acceptors (Lipinski definition) is 5. The van der Waals surface area contributed by atoms with E-state index < -0.39 is 0 Å². The average Bonchev–Trinajstić information content (AvgIpc) is 2.82. The van der Waals surface area contributed by atoms with Crippen molar-refractivity contribution in [2.24, 2.45) is 0 Å². The molecule has 1 aliphatic heterocycles. The largest absolute Gasteiger partial charge is 0.480 e. The van der Waals surface area contributed by atoms with Crippen LogP contribution in [0.4, 0.5) is 0 Å². The second-order valence-corrected chi connectivity index (χ2v) is 5.29. The number of methoxy groups -OCH3 is 1. The quantitative estimate of drug-likeness (QED) is 0.857. The molecule has 1 saturated heterocycles. The molecule has 0 N–H and O–H groups in total. The molecule has 3 rings (SSSR count). The predicted octanol–water partition coefficient (Wildman–Crippen LogP) is 1.38. The van der Waals surface area contributed by atoms with Crippen molar-refractivity contribution in [3.63, 3.8) is 0 Å². The zero-order valence-electron chi connectivity index (χ0n) is 12.9. The van der Waals surface area contributed by atoms with Gasteiger partial charge in [-0.1, -0.05) is 6.92 Å². The Balaban J connectivity index is 1.90. The minimum absolute atomic E-state index is 0.0720. The van der Waals surface area contributed by atoms with Crippen LogP contribution >= 0.6 is 0 Å². The Hall–Kier alpha value is -2.15. The first-order chi connectivity index (χ1) is 10.7. The Bertz CT molecular complexity index is 670. The Morgan fingerprint density at radius 3 is 3.14 bits per heavy atom. The highest BCUT2D eigenvalue weighted by atomic mass is 16.5. The van der Waals surface area contributed by atoms with E-state index in [1.54, 1.807) is 25.4 Å². The molecule has 2 aromatic heterocycles. The van der Waals surface area contributed by atoms with E-state index in [0.29, 0.717) is 36.9 Å². The topological polar surface area (TPSA) is 69.0 Å². The van der Waals surface area contributed by atoms with Gasteiger partial charge in [0.2, 0.25) is 5.88 Å². The summed E-state index contributed by atoms with van der Waals surface area (Å²) >= 11 is 0. The van der Waals surface area contributed by atoms with Crippen LogP contribution in [-0.4, -0.2) is 58.3 Å². The molecule has 3 heterocycles. The van der Waals surface area contributed by atoms with Crippen LogP contribution in [0.3, 0.4) is 0 Å². The number of amides is 1. The number of nitrogens with zero attached hydrogens (tertiary/aromatic N) is 4. The maximum Gasteiger partial charge on any atom is 0.274 e. The van der Waals surface area contributed by atoms with Crippen LogP contribution < -0.4 is 4.74 Å². The number of carbonyl (C=O) groups is 1. The molecule has 7 heteroatoms. The number of imidazole rings is 1. The molecule has 2 aromatic rings. The van der Waals surface area contributed by atoms with Gasteiger partial charge in [-0.05, 0) is 18.9 Å². The molecule has 0 aliphatic carbocycles. The van der Waals surface area contributed by atoms with Crippen molar-refractivity contribution < 1.29 is 14.3 Å². The zero-order valence-corrected chi connectivity index (χ0v) is 12.9. The van der Waals surface area contributed by atoms with Crippen molar-refractivity contribution in [3.8, 4) is 5.88 Å². The summed E-state index contributed by atoms with van der Waals surface area (Å²) in [6.07, 6.45) is 3.39.